The van der Waals surface area contributed by atoms with E-state index >= 15 is 0 Å². The smallest absolute Gasteiger partial charge is 0.0462 e. The zero-order chi connectivity index (χ0) is 61.7. The molecule has 0 aliphatic rings. The summed E-state index contributed by atoms with van der Waals surface area (Å²) < 4.78 is 0. The quantitative estimate of drug-likeness (QED) is 0.120. The second-order valence-electron chi connectivity index (χ2n) is 18.1. The molecule has 2 heteroatoms. The number of nitrogens with zero attached hydrogens (tertiary/aromatic N) is 2. The molecule has 2 nitrogen and oxygen atoms in total. The molecule has 0 bridgehead atoms. The van der Waals surface area contributed by atoms with Gasteiger partial charge in [-0.1, -0.05) is 338 Å². The average molecular weight is 1130 g/mol. The van der Waals surface area contributed by atoms with Crippen LogP contribution in [0, 0.1) is 0 Å². The van der Waals surface area contributed by atoms with Crippen LogP contribution in [0.15, 0.2) is 328 Å². The van der Waals surface area contributed by atoms with Gasteiger partial charge < -0.3 is 9.80 Å². The van der Waals surface area contributed by atoms with Crippen LogP contribution in [0.2, 0.25) is 0 Å². The lowest BCUT2D eigenvalue weighted by atomic mass is 10.0. The van der Waals surface area contributed by atoms with Crippen molar-refractivity contribution in [2.24, 2.45) is 0 Å². The molecule has 0 N–H and O–H groups in total. The SMILES string of the molecule is CC.CC.CC.CC.CC.CC.c1ccc(-c2ccc(N(c3ccc(-c4ccccc4)cc3)c3ccc(-c4ccccc4)cc3)cc2)cc1.c1ccc(-c2ccc(N(c3ccc(-c4ccccc4)cc3)c3ccc(-c4ccccc4)cc3)cc2)cc1. The topological polar surface area (TPSA) is 6.48 Å². The molecule has 0 radical (unpaired) electrons. The largest absolute Gasteiger partial charge is 0.311 e. The lowest BCUT2D eigenvalue weighted by Crippen LogP contribution is -2.09. The van der Waals surface area contributed by atoms with Crippen molar-refractivity contribution < 1.29 is 0 Å². The van der Waals surface area contributed by atoms with Gasteiger partial charge in [-0.15, -0.1) is 0 Å². The van der Waals surface area contributed by atoms with Gasteiger partial charge in [0.15, 0.2) is 0 Å². The van der Waals surface area contributed by atoms with Crippen LogP contribution < -0.4 is 9.80 Å². The molecule has 0 spiro atoms. The molecule has 0 aliphatic carbocycles. The third-order valence-corrected chi connectivity index (χ3v) is 13.4. The van der Waals surface area contributed by atoms with Crippen molar-refractivity contribution in [2.75, 3.05) is 9.80 Å². The molecule has 0 atom stereocenters. The third-order valence-electron chi connectivity index (χ3n) is 13.4. The van der Waals surface area contributed by atoms with Crippen LogP contribution in [0.25, 0.3) is 66.8 Å². The van der Waals surface area contributed by atoms with E-state index in [0.29, 0.717) is 0 Å². The van der Waals surface area contributed by atoms with E-state index < -0.39 is 0 Å². The fraction of sp³-hybridized carbons (Fsp3) is 0.143. The molecule has 0 aliphatic heterocycles. The molecule has 0 unspecified atom stereocenters. The standard InChI is InChI=1S/2C36H27N.6C2H6/c2*1-4-10-28(11-5-1)31-16-22-34(23-17-31)37(35-24-18-32(19-25-35)29-12-6-2-7-13-29)36-26-20-33(21-27-36)30-14-8-3-9-15-30;6*1-2/h2*1-27H;6*1-2H3. The highest BCUT2D eigenvalue weighted by Crippen LogP contribution is 2.40. The Kier molecular flexibility index (Phi) is 29.7. The van der Waals surface area contributed by atoms with Crippen LogP contribution in [-0.4, -0.2) is 0 Å². The average Bonchev–Trinajstić information content (AvgIpc) is 2.80. The Morgan fingerprint density at radius 3 is 0.314 bits per heavy atom. The summed E-state index contributed by atoms with van der Waals surface area (Å²) in [5.41, 5.74) is 21.3. The van der Waals surface area contributed by atoms with Gasteiger partial charge in [0.1, 0.15) is 0 Å². The van der Waals surface area contributed by atoms with Crippen LogP contribution in [0.5, 0.6) is 0 Å². The first-order valence-corrected chi connectivity index (χ1v) is 31.2. The first-order valence-electron chi connectivity index (χ1n) is 31.2. The molecule has 436 valence electrons. The van der Waals surface area contributed by atoms with Crippen molar-refractivity contribution in [3.63, 3.8) is 0 Å². The monoisotopic (exact) mass is 1130 g/mol. The van der Waals surface area contributed by atoms with Crippen molar-refractivity contribution in [1.29, 1.82) is 0 Å². The first-order chi connectivity index (χ1) is 42.7. The normalized spacial score (nSPS) is 9.63. The summed E-state index contributed by atoms with van der Waals surface area (Å²) in [6.45, 7) is 24.0. The molecule has 12 aromatic rings. The molecule has 0 amide bonds. The van der Waals surface area contributed by atoms with Crippen LogP contribution >= 0.6 is 0 Å². The lowest BCUT2D eigenvalue weighted by Gasteiger charge is -2.26. The Morgan fingerprint density at radius 1 is 0.116 bits per heavy atom. The van der Waals surface area contributed by atoms with E-state index in [0.717, 1.165) is 34.1 Å². The minimum atomic E-state index is 1.12. The van der Waals surface area contributed by atoms with E-state index in [1.165, 1.54) is 66.8 Å². The Morgan fingerprint density at radius 2 is 0.209 bits per heavy atom. The van der Waals surface area contributed by atoms with E-state index in [-0.39, 0.29) is 0 Å². The van der Waals surface area contributed by atoms with E-state index in [2.05, 4.69) is 337 Å². The summed E-state index contributed by atoms with van der Waals surface area (Å²) in [6, 6.07) is 116. The van der Waals surface area contributed by atoms with Crippen molar-refractivity contribution >= 4 is 34.1 Å². The first kappa shape index (κ1) is 67.0. The maximum absolute atomic E-state index is 2.32. The Hall–Kier alpha value is -9.76. The van der Waals surface area contributed by atoms with E-state index in [1.807, 2.05) is 83.1 Å². The molecule has 0 aromatic heterocycles. The van der Waals surface area contributed by atoms with Crippen LogP contribution in [-0.2, 0) is 0 Å². The summed E-state index contributed by atoms with van der Waals surface area (Å²) in [6.07, 6.45) is 0. The van der Waals surface area contributed by atoms with Crippen LogP contribution in [0.1, 0.15) is 83.1 Å². The number of anilines is 6. The highest BCUT2D eigenvalue weighted by Gasteiger charge is 2.16. The summed E-state index contributed by atoms with van der Waals surface area (Å²) in [4.78, 5) is 4.64. The van der Waals surface area contributed by atoms with Gasteiger partial charge in [-0.25, -0.2) is 0 Å². The van der Waals surface area contributed by atoms with Crippen LogP contribution in [0.3, 0.4) is 0 Å². The van der Waals surface area contributed by atoms with Crippen molar-refractivity contribution in [1.82, 2.24) is 0 Å². The molecular formula is C84H90N2. The molecule has 12 rings (SSSR count). The van der Waals surface area contributed by atoms with Crippen LogP contribution in [0.4, 0.5) is 34.1 Å². The predicted molar refractivity (Wildman–Crippen MR) is 383 cm³/mol. The highest BCUT2D eigenvalue weighted by molar-refractivity contribution is 5.83. The summed E-state index contributed by atoms with van der Waals surface area (Å²) in [5, 5.41) is 0. The summed E-state index contributed by atoms with van der Waals surface area (Å²) >= 11 is 0. The molecule has 0 saturated carbocycles. The van der Waals surface area contributed by atoms with Crippen molar-refractivity contribution in [3.05, 3.63) is 328 Å². The minimum Gasteiger partial charge on any atom is -0.311 e. The Bertz CT molecular complexity index is 2960. The number of rotatable bonds is 12. The molecule has 0 fully saturated rings. The fourth-order valence-corrected chi connectivity index (χ4v) is 9.50. The minimum absolute atomic E-state index is 1.12. The zero-order valence-corrected chi connectivity index (χ0v) is 53.1. The maximum Gasteiger partial charge on any atom is 0.0462 e. The van der Waals surface area contributed by atoms with Gasteiger partial charge >= 0.3 is 0 Å². The lowest BCUT2D eigenvalue weighted by molar-refractivity contribution is 1.28. The highest BCUT2D eigenvalue weighted by atomic mass is 15.1. The molecule has 0 heterocycles. The van der Waals surface area contributed by atoms with Gasteiger partial charge in [-0.05, 0) is 140 Å². The van der Waals surface area contributed by atoms with Gasteiger partial charge in [0, 0.05) is 34.1 Å². The Balaban J connectivity index is 0.000000268. The van der Waals surface area contributed by atoms with Crippen molar-refractivity contribution in [3.8, 4) is 66.8 Å². The van der Waals surface area contributed by atoms with Gasteiger partial charge in [-0.3, -0.25) is 0 Å². The van der Waals surface area contributed by atoms with E-state index in [1.54, 1.807) is 0 Å². The summed E-state index contributed by atoms with van der Waals surface area (Å²) in [7, 11) is 0. The molecule has 0 saturated heterocycles. The Labute approximate surface area is 518 Å². The second kappa shape index (κ2) is 38.2. The van der Waals surface area contributed by atoms with Gasteiger partial charge in [0.05, 0.1) is 0 Å². The molecular weight excluding hydrogens is 1040 g/mol. The van der Waals surface area contributed by atoms with E-state index in [4.69, 9.17) is 0 Å². The second-order valence-corrected chi connectivity index (χ2v) is 18.1. The molecule has 12 aromatic carbocycles. The number of hydrogen-bond acceptors (Lipinski definition) is 2. The maximum atomic E-state index is 2.32. The summed E-state index contributed by atoms with van der Waals surface area (Å²) in [5.74, 6) is 0. The van der Waals surface area contributed by atoms with Crippen molar-refractivity contribution in [2.45, 2.75) is 83.1 Å². The third kappa shape index (κ3) is 18.6. The number of hydrogen-bond donors (Lipinski definition) is 0. The zero-order valence-electron chi connectivity index (χ0n) is 53.1. The molecule has 86 heavy (non-hydrogen) atoms. The van der Waals surface area contributed by atoms with E-state index in [9.17, 15) is 0 Å². The van der Waals surface area contributed by atoms with Gasteiger partial charge in [0.25, 0.3) is 0 Å². The predicted octanol–water partition coefficient (Wildman–Crippen LogP) is 26.5. The number of benzene rings is 12. The van der Waals surface area contributed by atoms with Gasteiger partial charge in [-0.2, -0.15) is 0 Å². The fourth-order valence-electron chi connectivity index (χ4n) is 9.50. The van der Waals surface area contributed by atoms with Gasteiger partial charge in [0.2, 0.25) is 0 Å².